The molecule has 0 atom stereocenters. The number of phenolic OH excluding ortho intramolecular Hbond substituents is 2. The first-order valence-corrected chi connectivity index (χ1v) is 7.86. The van der Waals surface area contributed by atoms with Gasteiger partial charge in [-0.2, -0.15) is 0 Å². The molecule has 0 aliphatic carbocycles. The third kappa shape index (κ3) is 3.96. The van der Waals surface area contributed by atoms with Gasteiger partial charge in [0.15, 0.2) is 5.13 Å². The minimum atomic E-state index is -0.186. The maximum Gasteiger partial charge on any atom is 0.233 e. The van der Waals surface area contributed by atoms with Gasteiger partial charge in [0.1, 0.15) is 11.5 Å². The first-order chi connectivity index (χ1) is 10.6. The van der Waals surface area contributed by atoms with Crippen LogP contribution in [0.4, 0.5) is 10.8 Å². The number of aliphatic hydroxyl groups is 1. The van der Waals surface area contributed by atoms with Crippen molar-refractivity contribution in [2.75, 3.05) is 11.5 Å². The zero-order valence-electron chi connectivity index (χ0n) is 12.0. The summed E-state index contributed by atoms with van der Waals surface area (Å²) in [5, 5.41) is 30.4. The Bertz CT molecular complexity index is 616. The Labute approximate surface area is 132 Å². The summed E-state index contributed by atoms with van der Waals surface area (Å²) in [5.41, 5.74) is 0.292. The van der Waals surface area contributed by atoms with Gasteiger partial charge in [-0.25, -0.2) is 4.98 Å². The van der Waals surface area contributed by atoms with Gasteiger partial charge in [-0.3, -0.25) is 9.69 Å². The van der Waals surface area contributed by atoms with Crippen LogP contribution in [0.3, 0.4) is 0 Å². The molecule has 0 saturated carbocycles. The van der Waals surface area contributed by atoms with Gasteiger partial charge in [0.25, 0.3) is 0 Å². The molecule has 1 aromatic carbocycles. The first kappa shape index (κ1) is 16.3. The third-order valence-corrected chi connectivity index (χ3v) is 3.87. The summed E-state index contributed by atoms with van der Waals surface area (Å²) in [6.45, 7) is 0.114. The van der Waals surface area contributed by atoms with Crippen LogP contribution in [0.5, 0.6) is 11.5 Å². The fourth-order valence-electron chi connectivity index (χ4n) is 2.05. The molecule has 0 aliphatic rings. The average Bonchev–Trinajstić information content (AvgIpc) is 3.00. The predicted octanol–water partition coefficient (Wildman–Crippen LogP) is 2.77. The summed E-state index contributed by atoms with van der Waals surface area (Å²) < 4.78 is 0. The van der Waals surface area contributed by atoms with Crippen LogP contribution in [-0.2, 0) is 4.79 Å². The minimum absolute atomic E-state index is 0.0734. The zero-order valence-corrected chi connectivity index (χ0v) is 12.8. The second-order valence-electron chi connectivity index (χ2n) is 4.75. The molecule has 0 aliphatic heterocycles. The van der Waals surface area contributed by atoms with Crippen molar-refractivity contribution >= 4 is 28.1 Å². The van der Waals surface area contributed by atoms with Crippen molar-refractivity contribution in [2.45, 2.75) is 25.7 Å². The highest BCUT2D eigenvalue weighted by Gasteiger charge is 2.22. The van der Waals surface area contributed by atoms with E-state index in [0.29, 0.717) is 30.1 Å². The minimum Gasteiger partial charge on any atom is -0.508 e. The summed E-state index contributed by atoms with van der Waals surface area (Å²) in [6.07, 6.45) is 3.95. The van der Waals surface area contributed by atoms with Crippen LogP contribution >= 0.6 is 11.3 Å². The van der Waals surface area contributed by atoms with Gasteiger partial charge < -0.3 is 15.3 Å². The van der Waals surface area contributed by atoms with E-state index in [1.807, 2.05) is 0 Å². The van der Waals surface area contributed by atoms with Gasteiger partial charge in [-0.15, -0.1) is 11.3 Å². The SMILES string of the molecule is O=C(CCCCCO)N(c1nccs1)c1ccc(O)cc1O. The highest BCUT2D eigenvalue weighted by Crippen LogP contribution is 2.36. The molecular formula is C15H18N2O4S. The Morgan fingerprint density at radius 1 is 1.23 bits per heavy atom. The van der Waals surface area contributed by atoms with E-state index in [2.05, 4.69) is 4.98 Å². The Balaban J connectivity index is 2.22. The van der Waals surface area contributed by atoms with E-state index in [4.69, 9.17) is 5.11 Å². The van der Waals surface area contributed by atoms with Gasteiger partial charge >= 0.3 is 0 Å². The van der Waals surface area contributed by atoms with Gasteiger partial charge in [-0.05, 0) is 25.0 Å². The zero-order chi connectivity index (χ0) is 15.9. The number of aromatic hydroxyl groups is 2. The lowest BCUT2D eigenvalue weighted by molar-refractivity contribution is -0.118. The number of hydrogen-bond acceptors (Lipinski definition) is 6. The molecule has 1 heterocycles. The van der Waals surface area contributed by atoms with Crippen LogP contribution in [0.1, 0.15) is 25.7 Å². The molecule has 118 valence electrons. The van der Waals surface area contributed by atoms with Crippen molar-refractivity contribution in [3.05, 3.63) is 29.8 Å². The normalized spacial score (nSPS) is 10.6. The van der Waals surface area contributed by atoms with E-state index in [-0.39, 0.29) is 24.0 Å². The Morgan fingerprint density at radius 2 is 2.05 bits per heavy atom. The fourth-order valence-corrected chi connectivity index (χ4v) is 2.72. The molecular weight excluding hydrogens is 304 g/mol. The highest BCUT2D eigenvalue weighted by atomic mass is 32.1. The monoisotopic (exact) mass is 322 g/mol. The lowest BCUT2D eigenvalue weighted by Gasteiger charge is -2.21. The van der Waals surface area contributed by atoms with Crippen LogP contribution in [0.15, 0.2) is 29.8 Å². The number of amides is 1. The van der Waals surface area contributed by atoms with Gasteiger partial charge in [-0.1, -0.05) is 6.42 Å². The van der Waals surface area contributed by atoms with Crippen LogP contribution in [-0.4, -0.2) is 32.8 Å². The van der Waals surface area contributed by atoms with Crippen molar-refractivity contribution in [2.24, 2.45) is 0 Å². The summed E-state index contributed by atoms with van der Waals surface area (Å²) >= 11 is 1.29. The molecule has 1 aromatic heterocycles. The lowest BCUT2D eigenvalue weighted by atomic mass is 10.1. The predicted molar refractivity (Wildman–Crippen MR) is 84.6 cm³/mol. The number of unbranched alkanes of at least 4 members (excludes halogenated alkanes) is 2. The van der Waals surface area contributed by atoms with E-state index in [9.17, 15) is 15.0 Å². The highest BCUT2D eigenvalue weighted by molar-refractivity contribution is 7.13. The number of thiazole rings is 1. The molecule has 0 fully saturated rings. The van der Waals surface area contributed by atoms with Gasteiger partial charge in [0.05, 0.1) is 5.69 Å². The van der Waals surface area contributed by atoms with E-state index in [1.165, 1.54) is 34.4 Å². The molecule has 0 spiro atoms. The summed E-state index contributed by atoms with van der Waals surface area (Å²) in [7, 11) is 0. The number of rotatable bonds is 7. The molecule has 0 radical (unpaired) electrons. The van der Waals surface area contributed by atoms with Crippen molar-refractivity contribution < 1.29 is 20.1 Å². The van der Waals surface area contributed by atoms with E-state index >= 15 is 0 Å². The summed E-state index contributed by atoms with van der Waals surface area (Å²) in [6, 6.07) is 4.08. The van der Waals surface area contributed by atoms with Crippen molar-refractivity contribution in [1.29, 1.82) is 0 Å². The van der Waals surface area contributed by atoms with Crippen LogP contribution < -0.4 is 4.90 Å². The first-order valence-electron chi connectivity index (χ1n) is 6.98. The quantitative estimate of drug-likeness (QED) is 0.682. The molecule has 1 amide bonds. The number of benzene rings is 1. The van der Waals surface area contributed by atoms with E-state index in [0.717, 1.165) is 6.42 Å². The average molecular weight is 322 g/mol. The van der Waals surface area contributed by atoms with Crippen LogP contribution in [0, 0.1) is 0 Å². The van der Waals surface area contributed by atoms with Crippen LogP contribution in [0.25, 0.3) is 0 Å². The second-order valence-corrected chi connectivity index (χ2v) is 5.62. The molecule has 0 saturated heterocycles. The van der Waals surface area contributed by atoms with E-state index in [1.54, 1.807) is 11.6 Å². The number of anilines is 2. The molecule has 22 heavy (non-hydrogen) atoms. The van der Waals surface area contributed by atoms with Crippen molar-refractivity contribution in [3.63, 3.8) is 0 Å². The van der Waals surface area contributed by atoms with E-state index < -0.39 is 0 Å². The Kier molecular flexibility index (Phi) is 5.74. The Hall–Kier alpha value is -2.12. The van der Waals surface area contributed by atoms with Crippen molar-refractivity contribution in [3.8, 4) is 11.5 Å². The lowest BCUT2D eigenvalue weighted by Crippen LogP contribution is -2.25. The summed E-state index contributed by atoms with van der Waals surface area (Å²) in [4.78, 5) is 18.0. The standard InChI is InChI=1S/C15H18N2O4S/c18-8-3-1-2-4-14(21)17(15-16-7-9-22-15)12-6-5-11(19)10-13(12)20/h5-7,9-10,18-20H,1-4,8H2. The van der Waals surface area contributed by atoms with Crippen LogP contribution in [0.2, 0.25) is 0 Å². The molecule has 0 bridgehead atoms. The Morgan fingerprint density at radius 3 is 2.68 bits per heavy atom. The third-order valence-electron chi connectivity index (χ3n) is 3.11. The molecule has 6 nitrogen and oxygen atoms in total. The smallest absolute Gasteiger partial charge is 0.233 e. The number of phenols is 2. The van der Waals surface area contributed by atoms with Gasteiger partial charge in [0.2, 0.25) is 5.91 Å². The molecule has 0 unspecified atom stereocenters. The number of aromatic nitrogens is 1. The molecule has 2 rings (SSSR count). The fraction of sp³-hybridized carbons (Fsp3) is 0.333. The maximum atomic E-state index is 12.5. The topological polar surface area (TPSA) is 93.9 Å². The number of nitrogens with zero attached hydrogens (tertiary/aromatic N) is 2. The molecule has 2 aromatic rings. The molecule has 7 heteroatoms. The number of carbonyl (C=O) groups is 1. The van der Waals surface area contributed by atoms with Crippen molar-refractivity contribution in [1.82, 2.24) is 4.98 Å². The molecule has 3 N–H and O–H groups in total. The second kappa shape index (κ2) is 7.77. The summed E-state index contributed by atoms with van der Waals surface area (Å²) in [5.74, 6) is -0.441. The largest absolute Gasteiger partial charge is 0.508 e. The number of aliphatic hydroxyl groups excluding tert-OH is 1. The number of hydrogen-bond donors (Lipinski definition) is 3. The van der Waals surface area contributed by atoms with Gasteiger partial charge in [0, 0.05) is 30.7 Å². The maximum absolute atomic E-state index is 12.5. The number of carbonyl (C=O) groups excluding carboxylic acids is 1.